The van der Waals surface area contributed by atoms with E-state index in [9.17, 15) is 0 Å². The third-order valence-electron chi connectivity index (χ3n) is 1.88. The normalized spacial score (nSPS) is 9.92. The highest BCUT2D eigenvalue weighted by Gasteiger charge is 1.96. The summed E-state index contributed by atoms with van der Waals surface area (Å²) in [4.78, 5) is 3.25. The van der Waals surface area contributed by atoms with E-state index < -0.39 is 0 Å². The summed E-state index contributed by atoms with van der Waals surface area (Å²) >= 11 is 0. The monoisotopic (exact) mass is 155 g/mol. The summed E-state index contributed by atoms with van der Waals surface area (Å²) in [6.07, 6.45) is 5.89. The fourth-order valence-corrected chi connectivity index (χ4v) is 1.34. The van der Waals surface area contributed by atoms with Gasteiger partial charge in [0.25, 0.3) is 0 Å². The van der Waals surface area contributed by atoms with Crippen molar-refractivity contribution in [2.24, 2.45) is 0 Å². The highest BCUT2D eigenvalue weighted by Crippen LogP contribution is 2.14. The minimum Gasteiger partial charge on any atom is -0.358 e. The molecular weight excluding hydrogens is 146 g/mol. The smallest absolute Gasteiger partial charge is 0.0489 e. The van der Waals surface area contributed by atoms with Crippen LogP contribution in [0.5, 0.6) is 0 Å². The molecule has 0 aliphatic carbocycles. The van der Waals surface area contributed by atoms with E-state index in [-0.39, 0.29) is 0 Å². The molecule has 0 saturated carbocycles. The molecule has 0 bridgehead atoms. The Morgan fingerprint density at radius 2 is 2.17 bits per heavy atom. The second-order valence-corrected chi connectivity index (χ2v) is 2.76. The first-order chi connectivity index (χ1) is 5.90. The van der Waals surface area contributed by atoms with Crippen LogP contribution < -0.4 is 0 Å². The van der Waals surface area contributed by atoms with Crippen LogP contribution in [0.4, 0.5) is 0 Å². The molecule has 0 spiro atoms. The van der Waals surface area contributed by atoms with Crippen LogP contribution in [-0.4, -0.2) is 4.98 Å². The lowest BCUT2D eigenvalue weighted by Crippen LogP contribution is -1.77. The molecule has 1 aromatic carbocycles. The Bertz CT molecular complexity index is 398. The van der Waals surface area contributed by atoms with Gasteiger partial charge in [-0.25, -0.2) is 0 Å². The average molecular weight is 155 g/mol. The second kappa shape index (κ2) is 2.75. The predicted octanol–water partition coefficient (Wildman–Crippen LogP) is 2.34. The van der Waals surface area contributed by atoms with Crippen molar-refractivity contribution < 1.29 is 0 Å². The fraction of sp³-hybridized carbons (Fsp3) is 0.0909. The molecule has 0 atom stereocenters. The Morgan fingerprint density at radius 1 is 1.33 bits per heavy atom. The van der Waals surface area contributed by atoms with E-state index in [0.717, 1.165) is 11.2 Å². The number of rotatable bonds is 1. The van der Waals surface area contributed by atoms with Gasteiger partial charge in [0.05, 0.1) is 0 Å². The molecule has 1 heteroatoms. The van der Waals surface area contributed by atoms with Crippen LogP contribution >= 0.6 is 0 Å². The van der Waals surface area contributed by atoms with E-state index in [2.05, 4.69) is 29.1 Å². The number of fused-ring (bicyclic) bond motifs is 1. The van der Waals surface area contributed by atoms with Crippen molar-refractivity contribution in [1.82, 2.24) is 4.98 Å². The zero-order valence-electron chi connectivity index (χ0n) is 6.67. The van der Waals surface area contributed by atoms with E-state index >= 15 is 0 Å². The second-order valence-electron chi connectivity index (χ2n) is 2.76. The van der Waals surface area contributed by atoms with Gasteiger partial charge in [-0.15, -0.1) is 12.3 Å². The van der Waals surface area contributed by atoms with E-state index in [1.807, 2.05) is 12.1 Å². The minimum atomic E-state index is 0.675. The molecule has 0 amide bonds. The van der Waals surface area contributed by atoms with Gasteiger partial charge in [-0.1, -0.05) is 18.2 Å². The van der Waals surface area contributed by atoms with E-state index in [0.29, 0.717) is 6.42 Å². The lowest BCUT2D eigenvalue weighted by atomic mass is 10.2. The van der Waals surface area contributed by atoms with Crippen molar-refractivity contribution in [3.63, 3.8) is 0 Å². The Balaban J connectivity index is 2.56. The van der Waals surface area contributed by atoms with Gasteiger partial charge in [-0.05, 0) is 17.5 Å². The molecule has 2 aromatic rings. The molecule has 0 saturated heterocycles. The summed E-state index contributed by atoms with van der Waals surface area (Å²) in [6, 6.07) is 10.3. The van der Waals surface area contributed by atoms with E-state index in [1.54, 1.807) is 0 Å². The first kappa shape index (κ1) is 7.00. The molecule has 58 valence electrons. The van der Waals surface area contributed by atoms with Gasteiger partial charge in [-0.2, -0.15) is 0 Å². The molecule has 1 aromatic heterocycles. The highest BCUT2D eigenvalue weighted by atomic mass is 14.7. The molecule has 0 radical (unpaired) electrons. The molecular formula is C11H9N. The van der Waals surface area contributed by atoms with E-state index in [1.165, 1.54) is 5.39 Å². The number of aromatic nitrogens is 1. The third kappa shape index (κ3) is 1.08. The topological polar surface area (TPSA) is 15.8 Å². The molecule has 0 unspecified atom stereocenters. The van der Waals surface area contributed by atoms with Crippen LogP contribution in [0.15, 0.2) is 30.3 Å². The number of nitrogens with one attached hydrogen (secondary N) is 1. The van der Waals surface area contributed by atoms with Crippen molar-refractivity contribution >= 4 is 10.9 Å². The SMILES string of the molecule is C#CCc1cc2ccccc2[nH]1. The molecule has 1 heterocycles. The number of H-pyrrole nitrogens is 1. The van der Waals surface area contributed by atoms with Crippen LogP contribution in [0.3, 0.4) is 0 Å². The molecule has 1 nitrogen and oxygen atoms in total. The van der Waals surface area contributed by atoms with Gasteiger partial charge in [0, 0.05) is 17.6 Å². The molecule has 12 heavy (non-hydrogen) atoms. The van der Waals surface area contributed by atoms with Crippen LogP contribution in [0.2, 0.25) is 0 Å². The standard InChI is InChI=1S/C11H9N/c1-2-5-10-8-9-6-3-4-7-11(9)12-10/h1,3-4,6-8,12H,5H2. The van der Waals surface area contributed by atoms with Crippen molar-refractivity contribution in [2.75, 3.05) is 0 Å². The Hall–Kier alpha value is -1.68. The van der Waals surface area contributed by atoms with Gasteiger partial charge in [-0.3, -0.25) is 0 Å². The largest absolute Gasteiger partial charge is 0.358 e. The molecule has 0 fully saturated rings. The molecule has 0 aliphatic heterocycles. The number of para-hydroxylation sites is 1. The molecule has 1 N–H and O–H groups in total. The summed E-state index contributed by atoms with van der Waals surface area (Å²) in [7, 11) is 0. The van der Waals surface area contributed by atoms with Gasteiger partial charge in [0.2, 0.25) is 0 Å². The third-order valence-corrected chi connectivity index (χ3v) is 1.88. The Labute approximate surface area is 71.4 Å². The number of aromatic amines is 1. The first-order valence-electron chi connectivity index (χ1n) is 3.90. The Kier molecular flexibility index (Phi) is 1.60. The van der Waals surface area contributed by atoms with Gasteiger partial charge in [0.15, 0.2) is 0 Å². The summed E-state index contributed by atoms with van der Waals surface area (Å²) < 4.78 is 0. The number of hydrogen-bond acceptors (Lipinski definition) is 0. The molecule has 2 rings (SSSR count). The highest BCUT2D eigenvalue weighted by molar-refractivity contribution is 5.80. The quantitative estimate of drug-likeness (QED) is 0.608. The van der Waals surface area contributed by atoms with E-state index in [4.69, 9.17) is 6.42 Å². The van der Waals surface area contributed by atoms with Crippen molar-refractivity contribution in [3.8, 4) is 12.3 Å². The van der Waals surface area contributed by atoms with Gasteiger partial charge >= 0.3 is 0 Å². The number of benzene rings is 1. The van der Waals surface area contributed by atoms with Crippen molar-refractivity contribution in [3.05, 3.63) is 36.0 Å². The van der Waals surface area contributed by atoms with Crippen molar-refractivity contribution in [1.29, 1.82) is 0 Å². The molecule has 0 aliphatic rings. The zero-order chi connectivity index (χ0) is 8.39. The maximum absolute atomic E-state index is 5.21. The average Bonchev–Trinajstić information content (AvgIpc) is 2.47. The summed E-state index contributed by atoms with van der Waals surface area (Å²) in [5, 5.41) is 1.22. The summed E-state index contributed by atoms with van der Waals surface area (Å²) in [5.41, 5.74) is 2.27. The van der Waals surface area contributed by atoms with Crippen LogP contribution in [0, 0.1) is 12.3 Å². The maximum atomic E-state index is 5.21. The van der Waals surface area contributed by atoms with Gasteiger partial charge in [0.1, 0.15) is 0 Å². The number of hydrogen-bond donors (Lipinski definition) is 1. The fourth-order valence-electron chi connectivity index (χ4n) is 1.34. The van der Waals surface area contributed by atoms with Crippen molar-refractivity contribution in [2.45, 2.75) is 6.42 Å². The predicted molar refractivity (Wildman–Crippen MR) is 50.8 cm³/mol. The zero-order valence-corrected chi connectivity index (χ0v) is 6.67. The minimum absolute atomic E-state index is 0.675. The Morgan fingerprint density at radius 3 is 2.92 bits per heavy atom. The van der Waals surface area contributed by atoms with Crippen LogP contribution in [-0.2, 0) is 6.42 Å². The first-order valence-corrected chi connectivity index (χ1v) is 3.90. The van der Waals surface area contributed by atoms with Crippen LogP contribution in [0.25, 0.3) is 10.9 Å². The maximum Gasteiger partial charge on any atom is 0.0489 e. The van der Waals surface area contributed by atoms with Gasteiger partial charge < -0.3 is 4.98 Å². The number of terminal acetylenes is 1. The van der Waals surface area contributed by atoms with Crippen LogP contribution in [0.1, 0.15) is 5.69 Å². The summed E-state index contributed by atoms with van der Waals surface area (Å²) in [6.45, 7) is 0. The lowest BCUT2D eigenvalue weighted by molar-refractivity contribution is 1.20. The summed E-state index contributed by atoms with van der Waals surface area (Å²) in [5.74, 6) is 2.61. The lowest BCUT2D eigenvalue weighted by Gasteiger charge is -1.85.